The standard InChI is InChI=1S/C18H18N2O2.C9H12.C3H8.C2H6/c1-20(11-13-7-3-2-4-8-13)18(22)17-14(12-21)16(17)15-9-5-6-10-19-15;1-7-4-5-8(2)9(3)6-7;1-3-2;1-2/h2-10,12,14,16-17H,11H2,1H3;4-6H,1-3H3;3H2,1-2H3;1-2H3. The van der Waals surface area contributed by atoms with Crippen molar-refractivity contribution in [2.45, 2.75) is 67.3 Å². The fourth-order valence-corrected chi connectivity index (χ4v) is 3.86. The number of aryl methyl sites for hydroxylation is 3. The molecule has 0 saturated heterocycles. The molecular weight excluding hydrogens is 444 g/mol. The van der Waals surface area contributed by atoms with Crippen LogP contribution in [0.3, 0.4) is 0 Å². The molecule has 4 heteroatoms. The molecule has 1 saturated carbocycles. The van der Waals surface area contributed by atoms with Gasteiger partial charge in [-0.2, -0.15) is 0 Å². The second kappa shape index (κ2) is 16.4. The van der Waals surface area contributed by atoms with Crippen LogP contribution in [0.5, 0.6) is 0 Å². The van der Waals surface area contributed by atoms with Gasteiger partial charge in [0.2, 0.25) is 5.91 Å². The number of amides is 1. The SMILES string of the molecule is CC.CCC.CN(Cc1ccccc1)C(=O)C1C(C=O)C1c1ccccn1.Cc1ccc(C)c(C)c1. The fourth-order valence-electron chi connectivity index (χ4n) is 3.86. The minimum atomic E-state index is -0.277. The smallest absolute Gasteiger partial charge is 0.227 e. The maximum Gasteiger partial charge on any atom is 0.227 e. The van der Waals surface area contributed by atoms with Crippen LogP contribution in [0, 0.1) is 32.6 Å². The molecule has 0 radical (unpaired) electrons. The number of nitrogens with zero attached hydrogens (tertiary/aromatic N) is 2. The zero-order chi connectivity index (χ0) is 27.1. The second-order valence-electron chi connectivity index (χ2n) is 8.99. The molecule has 0 bridgehead atoms. The highest BCUT2D eigenvalue weighted by Gasteiger charge is 2.57. The van der Waals surface area contributed by atoms with E-state index >= 15 is 0 Å². The van der Waals surface area contributed by atoms with E-state index in [1.54, 1.807) is 18.1 Å². The van der Waals surface area contributed by atoms with Crippen molar-refractivity contribution in [3.63, 3.8) is 0 Å². The van der Waals surface area contributed by atoms with Crippen LogP contribution in [-0.4, -0.2) is 29.1 Å². The molecule has 0 aliphatic heterocycles. The third-order valence-electron chi connectivity index (χ3n) is 5.85. The summed E-state index contributed by atoms with van der Waals surface area (Å²) in [5, 5.41) is 0. The van der Waals surface area contributed by atoms with Crippen molar-refractivity contribution < 1.29 is 9.59 Å². The van der Waals surface area contributed by atoms with Crippen molar-refractivity contribution in [2.75, 3.05) is 7.05 Å². The lowest BCUT2D eigenvalue weighted by atomic mass is 10.1. The van der Waals surface area contributed by atoms with Crippen LogP contribution >= 0.6 is 0 Å². The summed E-state index contributed by atoms with van der Waals surface area (Å²) in [6.45, 7) is 15.2. The molecule has 1 heterocycles. The molecule has 3 atom stereocenters. The first-order valence-corrected chi connectivity index (χ1v) is 13.0. The number of pyridine rings is 1. The molecular formula is C32H44N2O2. The molecule has 194 valence electrons. The summed E-state index contributed by atoms with van der Waals surface area (Å²) in [5.41, 5.74) is 6.01. The number of hydrogen-bond donors (Lipinski definition) is 0. The summed E-state index contributed by atoms with van der Waals surface area (Å²) in [6, 6.07) is 21.9. The van der Waals surface area contributed by atoms with Gasteiger partial charge in [0.15, 0.2) is 0 Å². The number of rotatable bonds is 5. The van der Waals surface area contributed by atoms with Gasteiger partial charge in [0.05, 0.1) is 5.92 Å². The summed E-state index contributed by atoms with van der Waals surface area (Å²) >= 11 is 0. The quantitative estimate of drug-likeness (QED) is 0.353. The molecule has 1 aromatic heterocycles. The number of benzene rings is 2. The van der Waals surface area contributed by atoms with Gasteiger partial charge in [-0.15, -0.1) is 0 Å². The van der Waals surface area contributed by atoms with Crippen LogP contribution in [0.4, 0.5) is 0 Å². The first-order valence-electron chi connectivity index (χ1n) is 13.0. The fraction of sp³-hybridized carbons (Fsp3) is 0.406. The Morgan fingerprint density at radius 2 is 1.53 bits per heavy atom. The monoisotopic (exact) mass is 488 g/mol. The molecule has 1 aliphatic carbocycles. The third-order valence-corrected chi connectivity index (χ3v) is 5.85. The van der Waals surface area contributed by atoms with Crippen molar-refractivity contribution in [1.29, 1.82) is 0 Å². The zero-order valence-corrected chi connectivity index (χ0v) is 23.4. The Hall–Kier alpha value is -3.27. The highest BCUT2D eigenvalue weighted by Crippen LogP contribution is 2.52. The van der Waals surface area contributed by atoms with E-state index < -0.39 is 0 Å². The van der Waals surface area contributed by atoms with Gasteiger partial charge in [-0.05, 0) is 49.6 Å². The Labute approximate surface area is 218 Å². The first-order chi connectivity index (χ1) is 17.3. The van der Waals surface area contributed by atoms with Crippen LogP contribution in [-0.2, 0) is 16.1 Å². The molecule has 1 fully saturated rings. The number of carbonyl (C=O) groups is 2. The van der Waals surface area contributed by atoms with Crippen molar-refractivity contribution in [3.05, 3.63) is 101 Å². The minimum absolute atomic E-state index is 0.0107. The Balaban J connectivity index is 0.000000385. The summed E-state index contributed by atoms with van der Waals surface area (Å²) in [7, 11) is 1.78. The largest absolute Gasteiger partial charge is 0.341 e. The van der Waals surface area contributed by atoms with Crippen molar-refractivity contribution in [2.24, 2.45) is 11.8 Å². The lowest BCUT2D eigenvalue weighted by molar-refractivity contribution is -0.132. The molecule has 0 N–H and O–H groups in total. The van der Waals surface area contributed by atoms with Crippen molar-refractivity contribution in [1.82, 2.24) is 9.88 Å². The maximum atomic E-state index is 12.6. The van der Waals surface area contributed by atoms with E-state index in [4.69, 9.17) is 0 Å². The normalized spacial score (nSPS) is 17.1. The van der Waals surface area contributed by atoms with Crippen LogP contribution < -0.4 is 0 Å². The molecule has 36 heavy (non-hydrogen) atoms. The van der Waals surface area contributed by atoms with Gasteiger partial charge >= 0.3 is 0 Å². The van der Waals surface area contributed by atoms with Gasteiger partial charge in [-0.3, -0.25) is 9.78 Å². The second-order valence-corrected chi connectivity index (χ2v) is 8.99. The lowest BCUT2D eigenvalue weighted by Crippen LogP contribution is -2.28. The van der Waals surface area contributed by atoms with Gasteiger partial charge in [0, 0.05) is 37.3 Å². The summed E-state index contributed by atoms with van der Waals surface area (Å²) in [4.78, 5) is 29.8. The van der Waals surface area contributed by atoms with Gasteiger partial charge < -0.3 is 9.69 Å². The predicted octanol–water partition coefficient (Wildman–Crippen LogP) is 7.32. The van der Waals surface area contributed by atoms with Crippen LogP contribution in [0.2, 0.25) is 0 Å². The summed E-state index contributed by atoms with van der Waals surface area (Å²) in [5.74, 6) is -0.595. The molecule has 2 aromatic carbocycles. The van der Waals surface area contributed by atoms with Crippen LogP contribution in [0.15, 0.2) is 72.9 Å². The Morgan fingerprint density at radius 1 is 0.917 bits per heavy atom. The summed E-state index contributed by atoms with van der Waals surface area (Å²) < 4.78 is 0. The molecule has 0 spiro atoms. The Bertz CT molecular complexity index is 1030. The van der Waals surface area contributed by atoms with E-state index in [1.165, 1.54) is 23.1 Å². The van der Waals surface area contributed by atoms with E-state index in [1.807, 2.05) is 62.4 Å². The third kappa shape index (κ3) is 9.41. The Kier molecular flexibility index (Phi) is 14.0. The van der Waals surface area contributed by atoms with Crippen LogP contribution in [0.1, 0.15) is 68.0 Å². The minimum Gasteiger partial charge on any atom is -0.341 e. The number of aromatic nitrogens is 1. The zero-order valence-electron chi connectivity index (χ0n) is 23.4. The summed E-state index contributed by atoms with van der Waals surface area (Å²) in [6.07, 6.45) is 3.84. The van der Waals surface area contributed by atoms with Gasteiger partial charge in [-0.1, -0.05) is 94.3 Å². The molecule has 3 aromatic rings. The van der Waals surface area contributed by atoms with E-state index in [0.717, 1.165) is 17.5 Å². The van der Waals surface area contributed by atoms with E-state index in [-0.39, 0.29) is 23.7 Å². The number of carbonyl (C=O) groups excluding carboxylic acids is 2. The van der Waals surface area contributed by atoms with Gasteiger partial charge in [0.25, 0.3) is 0 Å². The molecule has 3 unspecified atom stereocenters. The maximum absolute atomic E-state index is 12.6. The van der Waals surface area contributed by atoms with Gasteiger partial charge in [-0.25, -0.2) is 0 Å². The number of aldehydes is 1. The van der Waals surface area contributed by atoms with E-state index in [0.29, 0.717) is 6.54 Å². The van der Waals surface area contributed by atoms with Crippen LogP contribution in [0.25, 0.3) is 0 Å². The highest BCUT2D eigenvalue weighted by molar-refractivity contribution is 5.88. The average Bonchev–Trinajstić information content (AvgIpc) is 3.64. The topological polar surface area (TPSA) is 50.3 Å². The molecule has 1 aliphatic rings. The molecule has 4 rings (SSSR count). The van der Waals surface area contributed by atoms with E-state index in [9.17, 15) is 9.59 Å². The van der Waals surface area contributed by atoms with Gasteiger partial charge in [0.1, 0.15) is 6.29 Å². The highest BCUT2D eigenvalue weighted by atomic mass is 16.2. The lowest BCUT2D eigenvalue weighted by Gasteiger charge is -2.17. The van der Waals surface area contributed by atoms with Crippen molar-refractivity contribution in [3.8, 4) is 0 Å². The predicted molar refractivity (Wildman–Crippen MR) is 151 cm³/mol. The van der Waals surface area contributed by atoms with E-state index in [2.05, 4.69) is 57.8 Å². The number of hydrogen-bond acceptors (Lipinski definition) is 3. The molecule has 1 amide bonds. The average molecular weight is 489 g/mol. The first kappa shape index (κ1) is 30.8. The van der Waals surface area contributed by atoms with Crippen molar-refractivity contribution >= 4 is 12.2 Å². The Morgan fingerprint density at radius 3 is 2.03 bits per heavy atom. The molecule has 4 nitrogen and oxygen atoms in total.